The van der Waals surface area contributed by atoms with E-state index in [-0.39, 0.29) is 6.04 Å². The van der Waals surface area contributed by atoms with Gasteiger partial charge in [0.15, 0.2) is 0 Å². The third-order valence-electron chi connectivity index (χ3n) is 3.35. The first-order valence-corrected chi connectivity index (χ1v) is 7.70. The number of rotatable bonds is 4. The lowest BCUT2D eigenvalue weighted by Crippen LogP contribution is -2.17. The molecule has 2 aromatic heterocycles. The second-order valence-electron chi connectivity index (χ2n) is 4.74. The van der Waals surface area contributed by atoms with Crippen LogP contribution in [-0.2, 0) is 0 Å². The normalized spacial score (nSPS) is 12.7. The molecule has 0 aliphatic heterocycles. The Morgan fingerprint density at radius 3 is 2.95 bits per heavy atom. The SMILES string of the molecule is CCNC(C)c1csc(-c2nccc3ccccc23)n1. The zero-order chi connectivity index (χ0) is 13.9. The highest BCUT2D eigenvalue weighted by molar-refractivity contribution is 7.13. The summed E-state index contributed by atoms with van der Waals surface area (Å²) in [6, 6.07) is 10.6. The van der Waals surface area contributed by atoms with Crippen LogP contribution in [0.25, 0.3) is 21.5 Å². The number of pyridine rings is 1. The van der Waals surface area contributed by atoms with Gasteiger partial charge in [-0.15, -0.1) is 11.3 Å². The topological polar surface area (TPSA) is 37.8 Å². The van der Waals surface area contributed by atoms with Crippen molar-refractivity contribution in [3.63, 3.8) is 0 Å². The van der Waals surface area contributed by atoms with Gasteiger partial charge in [0.05, 0.1) is 5.69 Å². The fourth-order valence-corrected chi connectivity index (χ4v) is 3.22. The van der Waals surface area contributed by atoms with Crippen LogP contribution < -0.4 is 5.32 Å². The number of fused-ring (bicyclic) bond motifs is 1. The zero-order valence-corrected chi connectivity index (χ0v) is 12.4. The van der Waals surface area contributed by atoms with Crippen molar-refractivity contribution in [3.8, 4) is 10.7 Å². The Bertz CT molecular complexity index is 715. The molecule has 0 aliphatic carbocycles. The van der Waals surface area contributed by atoms with Gasteiger partial charge in [0.25, 0.3) is 0 Å². The number of nitrogens with zero attached hydrogens (tertiary/aromatic N) is 2. The molecule has 1 atom stereocenters. The van der Waals surface area contributed by atoms with Gasteiger partial charge in [-0.1, -0.05) is 31.2 Å². The molecule has 0 aliphatic rings. The van der Waals surface area contributed by atoms with Gasteiger partial charge in [0.2, 0.25) is 0 Å². The molecule has 1 N–H and O–H groups in total. The van der Waals surface area contributed by atoms with E-state index in [1.165, 1.54) is 5.39 Å². The zero-order valence-electron chi connectivity index (χ0n) is 11.6. The second kappa shape index (κ2) is 5.69. The van der Waals surface area contributed by atoms with Crippen molar-refractivity contribution in [3.05, 3.63) is 47.6 Å². The quantitative estimate of drug-likeness (QED) is 0.785. The molecule has 20 heavy (non-hydrogen) atoms. The summed E-state index contributed by atoms with van der Waals surface area (Å²) in [6.07, 6.45) is 1.85. The lowest BCUT2D eigenvalue weighted by molar-refractivity contribution is 0.587. The number of hydrogen-bond acceptors (Lipinski definition) is 4. The Kier molecular flexibility index (Phi) is 3.76. The van der Waals surface area contributed by atoms with E-state index < -0.39 is 0 Å². The van der Waals surface area contributed by atoms with E-state index in [0.717, 1.165) is 28.3 Å². The van der Waals surface area contributed by atoms with Gasteiger partial charge in [-0.05, 0) is 24.9 Å². The highest BCUT2D eigenvalue weighted by atomic mass is 32.1. The molecule has 0 spiro atoms. The predicted molar refractivity (Wildman–Crippen MR) is 84.9 cm³/mol. The van der Waals surface area contributed by atoms with Crippen LogP contribution in [0.1, 0.15) is 25.6 Å². The van der Waals surface area contributed by atoms with Crippen molar-refractivity contribution in [2.45, 2.75) is 19.9 Å². The largest absolute Gasteiger partial charge is 0.309 e. The molecule has 3 nitrogen and oxygen atoms in total. The van der Waals surface area contributed by atoms with E-state index in [4.69, 9.17) is 4.98 Å². The summed E-state index contributed by atoms with van der Waals surface area (Å²) in [5.74, 6) is 0. The van der Waals surface area contributed by atoms with Gasteiger partial charge < -0.3 is 5.32 Å². The van der Waals surface area contributed by atoms with Gasteiger partial charge in [0.1, 0.15) is 10.7 Å². The molecule has 0 bridgehead atoms. The first-order valence-electron chi connectivity index (χ1n) is 6.82. The van der Waals surface area contributed by atoms with Gasteiger partial charge in [-0.25, -0.2) is 4.98 Å². The monoisotopic (exact) mass is 283 g/mol. The van der Waals surface area contributed by atoms with Crippen LogP contribution in [0, 0.1) is 0 Å². The molecule has 1 aromatic carbocycles. The molecule has 2 heterocycles. The molecular formula is C16H17N3S. The van der Waals surface area contributed by atoms with E-state index >= 15 is 0 Å². The molecule has 0 fully saturated rings. The molecule has 4 heteroatoms. The minimum Gasteiger partial charge on any atom is -0.309 e. The van der Waals surface area contributed by atoms with Crippen molar-refractivity contribution in [1.29, 1.82) is 0 Å². The standard InChI is InChI=1S/C16H17N3S/c1-3-17-11(2)14-10-20-16(19-14)15-13-7-5-4-6-12(13)8-9-18-15/h4-11,17H,3H2,1-2H3. The lowest BCUT2D eigenvalue weighted by atomic mass is 10.1. The minimum absolute atomic E-state index is 0.278. The summed E-state index contributed by atoms with van der Waals surface area (Å²) in [6.45, 7) is 5.19. The summed E-state index contributed by atoms with van der Waals surface area (Å²) < 4.78 is 0. The molecule has 1 unspecified atom stereocenters. The Hall–Kier alpha value is -1.78. The van der Waals surface area contributed by atoms with Crippen LogP contribution in [0.5, 0.6) is 0 Å². The number of thiazole rings is 1. The Morgan fingerprint density at radius 2 is 2.10 bits per heavy atom. The van der Waals surface area contributed by atoms with Gasteiger partial charge in [-0.3, -0.25) is 4.98 Å². The third kappa shape index (κ3) is 2.44. The smallest absolute Gasteiger partial charge is 0.142 e. The molecule has 102 valence electrons. The summed E-state index contributed by atoms with van der Waals surface area (Å²) in [5.41, 5.74) is 2.06. The van der Waals surface area contributed by atoms with Crippen LogP contribution in [0.2, 0.25) is 0 Å². The molecule has 0 amide bonds. The molecule has 0 radical (unpaired) electrons. The molecule has 0 saturated heterocycles. The summed E-state index contributed by atoms with van der Waals surface area (Å²) in [5, 5.41) is 8.85. The Labute approximate surface area is 122 Å². The highest BCUT2D eigenvalue weighted by Crippen LogP contribution is 2.30. The lowest BCUT2D eigenvalue weighted by Gasteiger charge is -2.08. The number of benzene rings is 1. The van der Waals surface area contributed by atoms with Crippen molar-refractivity contribution in [2.24, 2.45) is 0 Å². The van der Waals surface area contributed by atoms with Crippen LogP contribution in [0.15, 0.2) is 41.9 Å². The van der Waals surface area contributed by atoms with E-state index in [1.54, 1.807) is 11.3 Å². The van der Waals surface area contributed by atoms with Crippen molar-refractivity contribution in [2.75, 3.05) is 6.54 Å². The summed E-state index contributed by atoms with van der Waals surface area (Å²) in [4.78, 5) is 9.27. The maximum atomic E-state index is 4.74. The Morgan fingerprint density at radius 1 is 1.25 bits per heavy atom. The fraction of sp³-hybridized carbons (Fsp3) is 0.250. The van der Waals surface area contributed by atoms with Crippen LogP contribution >= 0.6 is 11.3 Å². The fourth-order valence-electron chi connectivity index (χ4n) is 2.29. The highest BCUT2D eigenvalue weighted by Gasteiger charge is 2.12. The van der Waals surface area contributed by atoms with Crippen LogP contribution in [0.4, 0.5) is 0 Å². The minimum atomic E-state index is 0.278. The van der Waals surface area contributed by atoms with Crippen LogP contribution in [0.3, 0.4) is 0 Å². The molecule has 3 rings (SSSR count). The average Bonchev–Trinajstić information content (AvgIpc) is 2.97. The summed E-state index contributed by atoms with van der Waals surface area (Å²) >= 11 is 1.66. The number of nitrogens with one attached hydrogen (secondary N) is 1. The van der Waals surface area contributed by atoms with E-state index in [0.29, 0.717) is 0 Å². The number of aromatic nitrogens is 2. The second-order valence-corrected chi connectivity index (χ2v) is 5.60. The first-order chi connectivity index (χ1) is 9.79. The average molecular weight is 283 g/mol. The van der Waals surface area contributed by atoms with E-state index in [9.17, 15) is 0 Å². The van der Waals surface area contributed by atoms with E-state index in [1.807, 2.05) is 24.4 Å². The van der Waals surface area contributed by atoms with Gasteiger partial charge >= 0.3 is 0 Å². The van der Waals surface area contributed by atoms with E-state index in [2.05, 4.69) is 41.7 Å². The third-order valence-corrected chi connectivity index (χ3v) is 4.22. The van der Waals surface area contributed by atoms with Gasteiger partial charge in [0, 0.05) is 23.0 Å². The Balaban J connectivity index is 2.03. The van der Waals surface area contributed by atoms with Crippen molar-refractivity contribution in [1.82, 2.24) is 15.3 Å². The molecular weight excluding hydrogens is 266 g/mol. The maximum Gasteiger partial charge on any atom is 0.142 e. The van der Waals surface area contributed by atoms with Gasteiger partial charge in [-0.2, -0.15) is 0 Å². The predicted octanol–water partition coefficient (Wildman–Crippen LogP) is 4.03. The maximum absolute atomic E-state index is 4.74. The van der Waals surface area contributed by atoms with Crippen molar-refractivity contribution >= 4 is 22.1 Å². The number of hydrogen-bond donors (Lipinski definition) is 1. The van der Waals surface area contributed by atoms with Crippen LogP contribution in [-0.4, -0.2) is 16.5 Å². The molecule has 3 aromatic rings. The molecule has 0 saturated carbocycles. The van der Waals surface area contributed by atoms with Crippen molar-refractivity contribution < 1.29 is 0 Å². The summed E-state index contributed by atoms with van der Waals surface area (Å²) in [7, 11) is 0. The first kappa shape index (κ1) is 13.2.